The van der Waals surface area contributed by atoms with Gasteiger partial charge in [0.1, 0.15) is 6.04 Å². The molecule has 7 nitrogen and oxygen atoms in total. The maximum absolute atomic E-state index is 14.5. The molecule has 200 valence electrons. The summed E-state index contributed by atoms with van der Waals surface area (Å²) in [6, 6.07) is -0.674. The molecule has 0 radical (unpaired) electrons. The number of likely N-dealkylation sites (tertiary alicyclic amines) is 1. The van der Waals surface area contributed by atoms with Gasteiger partial charge < -0.3 is 19.8 Å². The van der Waals surface area contributed by atoms with Gasteiger partial charge in [0.05, 0.1) is 16.6 Å². The van der Waals surface area contributed by atoms with Gasteiger partial charge in [0.25, 0.3) is 0 Å². The van der Waals surface area contributed by atoms with E-state index in [0.29, 0.717) is 32.5 Å². The van der Waals surface area contributed by atoms with Crippen molar-refractivity contribution < 1.29 is 19.5 Å². The number of hydrogen-bond acceptors (Lipinski definition) is 5. The number of rotatable bonds is 6. The summed E-state index contributed by atoms with van der Waals surface area (Å²) in [6.45, 7) is 14.3. The predicted octanol–water partition coefficient (Wildman–Crippen LogP) is 3.09. The molecule has 4 heterocycles. The molecule has 1 N–H and O–H groups in total. The summed E-state index contributed by atoms with van der Waals surface area (Å²) >= 11 is 1.63. The smallest absolute Gasteiger partial charge is 0.247 e. The van der Waals surface area contributed by atoms with Crippen LogP contribution in [-0.4, -0.2) is 91.9 Å². The number of nitrogens with zero attached hydrogens (tertiary/aromatic N) is 3. The van der Waals surface area contributed by atoms with Crippen molar-refractivity contribution in [2.45, 2.75) is 81.9 Å². The predicted molar refractivity (Wildman–Crippen MR) is 143 cm³/mol. The Balaban J connectivity index is 1.82. The highest BCUT2D eigenvalue weighted by Gasteiger charge is 2.74. The highest BCUT2D eigenvalue weighted by atomic mass is 32.2. The third kappa shape index (κ3) is 4.32. The first-order valence-electron chi connectivity index (χ1n) is 13.2. The number of carbonyl (C=O) groups excluding carboxylic acids is 3. The van der Waals surface area contributed by atoms with E-state index >= 15 is 0 Å². The van der Waals surface area contributed by atoms with Gasteiger partial charge in [-0.15, -0.1) is 11.8 Å². The summed E-state index contributed by atoms with van der Waals surface area (Å²) in [5.74, 6) is -1.31. The third-order valence-electron chi connectivity index (χ3n) is 8.26. The van der Waals surface area contributed by atoms with Crippen LogP contribution in [0.4, 0.5) is 0 Å². The molecule has 0 saturated carbocycles. The van der Waals surface area contributed by atoms with Crippen LogP contribution in [0.25, 0.3) is 0 Å². The van der Waals surface area contributed by atoms with Crippen molar-refractivity contribution in [1.82, 2.24) is 14.7 Å². The van der Waals surface area contributed by atoms with Gasteiger partial charge in [-0.3, -0.25) is 14.4 Å². The van der Waals surface area contributed by atoms with Crippen LogP contribution in [-0.2, 0) is 14.4 Å². The second-order valence-electron chi connectivity index (χ2n) is 13.0. The lowest BCUT2D eigenvalue weighted by Gasteiger charge is -2.44. The van der Waals surface area contributed by atoms with E-state index in [1.807, 2.05) is 17.9 Å². The Labute approximate surface area is 220 Å². The summed E-state index contributed by atoms with van der Waals surface area (Å²) in [4.78, 5) is 47.8. The molecule has 2 saturated heterocycles. The zero-order valence-corrected chi connectivity index (χ0v) is 23.7. The van der Waals surface area contributed by atoms with Crippen molar-refractivity contribution in [2.75, 3.05) is 33.3 Å². The maximum Gasteiger partial charge on any atom is 0.247 e. The van der Waals surface area contributed by atoms with E-state index in [1.165, 1.54) is 0 Å². The van der Waals surface area contributed by atoms with Gasteiger partial charge in [-0.1, -0.05) is 45.1 Å². The summed E-state index contributed by atoms with van der Waals surface area (Å²) in [5, 5.41) is 9.38. The molecule has 36 heavy (non-hydrogen) atoms. The Kier molecular flexibility index (Phi) is 6.95. The minimum atomic E-state index is -0.808. The summed E-state index contributed by atoms with van der Waals surface area (Å²) in [6.07, 6.45) is 10.2. The van der Waals surface area contributed by atoms with E-state index in [2.05, 4.69) is 52.8 Å². The first-order chi connectivity index (χ1) is 16.7. The van der Waals surface area contributed by atoms with Gasteiger partial charge in [0.2, 0.25) is 17.7 Å². The zero-order chi connectivity index (χ0) is 26.7. The first kappa shape index (κ1) is 27.2. The highest BCUT2D eigenvalue weighted by molar-refractivity contribution is 8.02. The molecule has 1 spiro atoms. The number of aliphatic hydroxyl groups is 1. The second kappa shape index (κ2) is 9.19. The molecule has 4 aliphatic rings. The molecule has 5 atom stereocenters. The molecule has 8 heteroatoms. The first-order valence-corrected chi connectivity index (χ1v) is 14.0. The SMILES string of the molecule is CN1CC=C[C@@]2(C)S[C@]34C=CCN(C(C)(C)CC(C)(C)C)C(=O)C3N(CCCCO)C(=O)[C@@H]4[C@H]2C1=O. The molecule has 4 rings (SSSR count). The molecule has 0 bridgehead atoms. The summed E-state index contributed by atoms with van der Waals surface area (Å²) in [7, 11) is 1.79. The van der Waals surface area contributed by atoms with Crippen LogP contribution < -0.4 is 0 Å². The number of fused-ring (bicyclic) bond motifs is 2. The van der Waals surface area contributed by atoms with E-state index in [-0.39, 0.29) is 29.7 Å². The Hall–Kier alpha value is -1.80. The highest BCUT2D eigenvalue weighted by Crippen LogP contribution is 2.65. The van der Waals surface area contributed by atoms with Crippen LogP contribution in [0.1, 0.15) is 60.8 Å². The fourth-order valence-electron chi connectivity index (χ4n) is 7.21. The molecule has 0 aromatic carbocycles. The van der Waals surface area contributed by atoms with Crippen molar-refractivity contribution in [3.63, 3.8) is 0 Å². The molecular formula is C28H43N3O4S. The molecule has 3 amide bonds. The average Bonchev–Trinajstić information content (AvgIpc) is 3.01. The van der Waals surface area contributed by atoms with E-state index in [4.69, 9.17) is 0 Å². The molecule has 0 aliphatic carbocycles. The van der Waals surface area contributed by atoms with Gasteiger partial charge in [0, 0.05) is 43.6 Å². The number of carbonyl (C=O) groups is 3. The lowest BCUT2D eigenvalue weighted by Crippen LogP contribution is -2.58. The number of hydrogen-bond donors (Lipinski definition) is 1. The molecule has 4 aliphatic heterocycles. The van der Waals surface area contributed by atoms with Crippen LogP contribution in [0, 0.1) is 17.3 Å². The summed E-state index contributed by atoms with van der Waals surface area (Å²) < 4.78 is -1.38. The van der Waals surface area contributed by atoms with Crippen molar-refractivity contribution >= 4 is 29.5 Å². The number of unbranched alkanes of at least 4 members (excludes halogenated alkanes) is 1. The standard InChI is InChI=1S/C28H43N3O4S/c1-25(2,3)18-26(4,5)31-16-11-13-28-20(19-22(33)29(7)14-10-12-27(19,6)36-28)23(34)30(15-8-9-17-32)21(28)24(31)35/h10-13,19-21,32H,8-9,14-18H2,1-7H3/t19-,20-,21?,27+,28-/m0/s1. The fraction of sp³-hybridized carbons (Fsp3) is 0.750. The molecule has 0 aromatic rings. The van der Waals surface area contributed by atoms with E-state index in [1.54, 1.807) is 28.6 Å². The van der Waals surface area contributed by atoms with Gasteiger partial charge in [-0.25, -0.2) is 0 Å². The van der Waals surface area contributed by atoms with Crippen molar-refractivity contribution in [3.8, 4) is 0 Å². The largest absolute Gasteiger partial charge is 0.396 e. The minimum Gasteiger partial charge on any atom is -0.396 e. The molecule has 2 fully saturated rings. The second-order valence-corrected chi connectivity index (χ2v) is 14.8. The molecule has 0 aromatic heterocycles. The number of thioether (sulfide) groups is 1. The fourth-order valence-corrected chi connectivity index (χ4v) is 9.37. The van der Waals surface area contributed by atoms with Gasteiger partial charge >= 0.3 is 0 Å². The normalized spacial score (nSPS) is 34.6. The van der Waals surface area contributed by atoms with Gasteiger partial charge in [-0.05, 0) is 45.4 Å². The maximum atomic E-state index is 14.5. The Bertz CT molecular complexity index is 986. The molecular weight excluding hydrogens is 474 g/mol. The quantitative estimate of drug-likeness (QED) is 0.433. The average molecular weight is 518 g/mol. The monoisotopic (exact) mass is 517 g/mol. The van der Waals surface area contributed by atoms with Crippen LogP contribution in [0.5, 0.6) is 0 Å². The number of amides is 3. The third-order valence-corrected chi connectivity index (χ3v) is 10.1. The van der Waals surface area contributed by atoms with E-state index < -0.39 is 32.9 Å². The number of likely N-dealkylation sites (N-methyl/N-ethyl adjacent to an activating group) is 1. The Morgan fingerprint density at radius 2 is 1.64 bits per heavy atom. The van der Waals surface area contributed by atoms with Crippen LogP contribution >= 0.6 is 11.8 Å². The van der Waals surface area contributed by atoms with Crippen molar-refractivity contribution in [2.24, 2.45) is 17.3 Å². The van der Waals surface area contributed by atoms with E-state index in [0.717, 1.165) is 6.42 Å². The Morgan fingerprint density at radius 3 is 2.28 bits per heavy atom. The Morgan fingerprint density at radius 1 is 0.972 bits per heavy atom. The van der Waals surface area contributed by atoms with Crippen LogP contribution in [0.3, 0.4) is 0 Å². The number of aliphatic hydroxyl groups excluding tert-OH is 1. The molecule has 1 unspecified atom stereocenters. The van der Waals surface area contributed by atoms with Gasteiger partial charge in [-0.2, -0.15) is 0 Å². The lowest BCUT2D eigenvalue weighted by molar-refractivity contribution is -0.147. The summed E-state index contributed by atoms with van der Waals surface area (Å²) in [5.41, 5.74) is -0.382. The van der Waals surface area contributed by atoms with Crippen LogP contribution in [0.2, 0.25) is 0 Å². The topological polar surface area (TPSA) is 81.2 Å². The lowest BCUT2D eigenvalue weighted by atomic mass is 9.74. The van der Waals surface area contributed by atoms with E-state index in [9.17, 15) is 19.5 Å². The van der Waals surface area contributed by atoms with Crippen molar-refractivity contribution in [1.29, 1.82) is 0 Å². The van der Waals surface area contributed by atoms with Crippen LogP contribution in [0.15, 0.2) is 24.3 Å². The van der Waals surface area contributed by atoms with Gasteiger partial charge in [0.15, 0.2) is 0 Å². The minimum absolute atomic E-state index is 0.0247. The zero-order valence-electron chi connectivity index (χ0n) is 22.9. The van der Waals surface area contributed by atoms with Crippen molar-refractivity contribution in [3.05, 3.63) is 24.3 Å².